The number of likely N-dealkylation sites (tertiary alicyclic amines) is 1. The standard InChI is InChI=1S/C11H17F3N4O/c1-8-16-10(17-19-8)6-15-9-2-4-18(5-3-9)7-11(12,13)14/h9,15H,2-7H2,1H3. The second-order valence-corrected chi connectivity index (χ2v) is 4.78. The zero-order chi connectivity index (χ0) is 13.9. The molecule has 108 valence electrons. The molecule has 0 amide bonds. The van der Waals surface area contributed by atoms with Crippen LogP contribution < -0.4 is 5.32 Å². The Morgan fingerprint density at radius 3 is 2.58 bits per heavy atom. The van der Waals surface area contributed by atoms with Crippen LogP contribution in [0.15, 0.2) is 4.52 Å². The Morgan fingerprint density at radius 1 is 1.37 bits per heavy atom. The molecule has 1 aromatic heterocycles. The second-order valence-electron chi connectivity index (χ2n) is 4.78. The van der Waals surface area contributed by atoms with Crippen molar-refractivity contribution in [2.75, 3.05) is 19.6 Å². The Bertz CT molecular complexity index is 399. The summed E-state index contributed by atoms with van der Waals surface area (Å²) >= 11 is 0. The van der Waals surface area contributed by atoms with Crippen molar-refractivity contribution in [1.82, 2.24) is 20.4 Å². The molecule has 1 fully saturated rings. The SMILES string of the molecule is Cc1nc(CNC2CCN(CC(F)(F)F)CC2)no1. The Balaban J connectivity index is 1.69. The van der Waals surface area contributed by atoms with Gasteiger partial charge in [-0.05, 0) is 25.9 Å². The lowest BCUT2D eigenvalue weighted by atomic mass is 10.1. The van der Waals surface area contributed by atoms with Crippen molar-refractivity contribution in [1.29, 1.82) is 0 Å². The number of aryl methyl sites for hydroxylation is 1. The molecule has 0 atom stereocenters. The van der Waals surface area contributed by atoms with Crippen molar-refractivity contribution in [3.63, 3.8) is 0 Å². The van der Waals surface area contributed by atoms with Crippen molar-refractivity contribution in [2.24, 2.45) is 0 Å². The lowest BCUT2D eigenvalue weighted by molar-refractivity contribution is -0.148. The first-order chi connectivity index (χ1) is 8.92. The molecule has 0 radical (unpaired) electrons. The fraction of sp³-hybridized carbons (Fsp3) is 0.818. The third kappa shape index (κ3) is 4.79. The molecule has 0 unspecified atom stereocenters. The molecular formula is C11H17F3N4O. The van der Waals surface area contributed by atoms with Gasteiger partial charge < -0.3 is 9.84 Å². The van der Waals surface area contributed by atoms with Gasteiger partial charge in [0.25, 0.3) is 0 Å². The quantitative estimate of drug-likeness (QED) is 0.904. The fourth-order valence-corrected chi connectivity index (χ4v) is 2.20. The van der Waals surface area contributed by atoms with Gasteiger partial charge in [0.2, 0.25) is 5.89 Å². The van der Waals surface area contributed by atoms with Crippen LogP contribution >= 0.6 is 0 Å². The maximum absolute atomic E-state index is 12.2. The van der Waals surface area contributed by atoms with E-state index >= 15 is 0 Å². The van der Waals surface area contributed by atoms with Crippen LogP contribution in [-0.2, 0) is 6.54 Å². The van der Waals surface area contributed by atoms with Gasteiger partial charge >= 0.3 is 6.18 Å². The molecule has 2 heterocycles. The molecule has 0 aromatic carbocycles. The van der Waals surface area contributed by atoms with Gasteiger partial charge in [-0.1, -0.05) is 5.16 Å². The van der Waals surface area contributed by atoms with E-state index in [0.717, 1.165) is 0 Å². The fourth-order valence-electron chi connectivity index (χ4n) is 2.20. The summed E-state index contributed by atoms with van der Waals surface area (Å²) in [6, 6.07) is 0.211. The summed E-state index contributed by atoms with van der Waals surface area (Å²) < 4.78 is 41.5. The van der Waals surface area contributed by atoms with Crippen LogP contribution in [0.3, 0.4) is 0 Å². The molecule has 0 spiro atoms. The number of alkyl halides is 3. The highest BCUT2D eigenvalue weighted by Gasteiger charge is 2.32. The minimum Gasteiger partial charge on any atom is -0.340 e. The van der Waals surface area contributed by atoms with Gasteiger partial charge in [-0.2, -0.15) is 18.2 Å². The minimum absolute atomic E-state index is 0.211. The summed E-state index contributed by atoms with van der Waals surface area (Å²) in [7, 11) is 0. The van der Waals surface area contributed by atoms with E-state index in [1.807, 2.05) is 0 Å². The van der Waals surface area contributed by atoms with E-state index in [2.05, 4.69) is 15.5 Å². The van der Waals surface area contributed by atoms with Gasteiger partial charge in [-0.15, -0.1) is 0 Å². The van der Waals surface area contributed by atoms with Crippen molar-refractivity contribution in [2.45, 2.75) is 38.5 Å². The van der Waals surface area contributed by atoms with Crippen molar-refractivity contribution < 1.29 is 17.7 Å². The van der Waals surface area contributed by atoms with Crippen LogP contribution in [0, 0.1) is 6.92 Å². The molecule has 0 bridgehead atoms. The maximum Gasteiger partial charge on any atom is 0.401 e. The van der Waals surface area contributed by atoms with Gasteiger partial charge in [0, 0.05) is 13.0 Å². The molecule has 1 aliphatic heterocycles. The van der Waals surface area contributed by atoms with E-state index in [4.69, 9.17) is 4.52 Å². The van der Waals surface area contributed by atoms with Gasteiger partial charge in [0.1, 0.15) is 0 Å². The van der Waals surface area contributed by atoms with Gasteiger partial charge in [-0.3, -0.25) is 4.90 Å². The number of rotatable bonds is 4. The molecule has 2 rings (SSSR count). The second kappa shape index (κ2) is 5.87. The Morgan fingerprint density at radius 2 is 2.05 bits per heavy atom. The average molecular weight is 278 g/mol. The Labute approximate surface area is 109 Å². The molecule has 8 heteroatoms. The predicted octanol–water partition coefficient (Wildman–Crippen LogP) is 1.49. The van der Waals surface area contributed by atoms with Crippen LogP contribution in [0.5, 0.6) is 0 Å². The number of hydrogen-bond acceptors (Lipinski definition) is 5. The normalized spacial score (nSPS) is 18.9. The number of piperidine rings is 1. The maximum atomic E-state index is 12.2. The van der Waals surface area contributed by atoms with E-state index in [1.54, 1.807) is 6.92 Å². The van der Waals surface area contributed by atoms with Crippen molar-refractivity contribution in [3.8, 4) is 0 Å². The monoisotopic (exact) mass is 278 g/mol. The zero-order valence-corrected chi connectivity index (χ0v) is 10.7. The van der Waals surface area contributed by atoms with Crippen LogP contribution in [0.4, 0.5) is 13.2 Å². The van der Waals surface area contributed by atoms with Crippen LogP contribution in [0.25, 0.3) is 0 Å². The average Bonchev–Trinajstić information content (AvgIpc) is 2.72. The zero-order valence-electron chi connectivity index (χ0n) is 10.7. The number of nitrogens with one attached hydrogen (secondary N) is 1. The third-order valence-electron chi connectivity index (χ3n) is 3.11. The smallest absolute Gasteiger partial charge is 0.340 e. The molecule has 5 nitrogen and oxygen atoms in total. The molecule has 1 aromatic rings. The number of aromatic nitrogens is 2. The highest BCUT2D eigenvalue weighted by molar-refractivity contribution is 4.85. The minimum atomic E-state index is -4.11. The summed E-state index contributed by atoms with van der Waals surface area (Å²) in [5, 5.41) is 7.00. The first-order valence-electron chi connectivity index (χ1n) is 6.24. The summed E-state index contributed by atoms with van der Waals surface area (Å²) in [6.07, 6.45) is -2.71. The van der Waals surface area contributed by atoms with E-state index in [1.165, 1.54) is 4.90 Å². The highest BCUT2D eigenvalue weighted by atomic mass is 19.4. The number of nitrogens with zero attached hydrogens (tertiary/aromatic N) is 3. The van der Waals surface area contributed by atoms with E-state index in [0.29, 0.717) is 44.2 Å². The Kier molecular flexibility index (Phi) is 4.41. The molecule has 19 heavy (non-hydrogen) atoms. The largest absolute Gasteiger partial charge is 0.401 e. The van der Waals surface area contributed by atoms with E-state index < -0.39 is 12.7 Å². The van der Waals surface area contributed by atoms with E-state index in [-0.39, 0.29) is 6.04 Å². The first kappa shape index (κ1) is 14.3. The topological polar surface area (TPSA) is 54.2 Å². The predicted molar refractivity (Wildman–Crippen MR) is 61.4 cm³/mol. The lowest BCUT2D eigenvalue weighted by Crippen LogP contribution is -2.45. The summed E-state index contributed by atoms with van der Waals surface area (Å²) in [6.45, 7) is 2.31. The summed E-state index contributed by atoms with van der Waals surface area (Å²) in [5.74, 6) is 1.09. The number of hydrogen-bond donors (Lipinski definition) is 1. The first-order valence-corrected chi connectivity index (χ1v) is 6.24. The number of halogens is 3. The van der Waals surface area contributed by atoms with Crippen molar-refractivity contribution in [3.05, 3.63) is 11.7 Å². The lowest BCUT2D eigenvalue weighted by Gasteiger charge is -2.32. The van der Waals surface area contributed by atoms with Crippen LogP contribution in [-0.4, -0.2) is 46.9 Å². The Hall–Kier alpha value is -1.15. The van der Waals surface area contributed by atoms with Gasteiger partial charge in [-0.25, -0.2) is 0 Å². The molecule has 0 saturated carbocycles. The molecular weight excluding hydrogens is 261 g/mol. The summed E-state index contributed by atoms with van der Waals surface area (Å²) in [5.41, 5.74) is 0. The third-order valence-corrected chi connectivity index (χ3v) is 3.11. The van der Waals surface area contributed by atoms with Crippen molar-refractivity contribution >= 4 is 0 Å². The van der Waals surface area contributed by atoms with Gasteiger partial charge in [0.15, 0.2) is 5.82 Å². The molecule has 1 N–H and O–H groups in total. The molecule has 0 aliphatic carbocycles. The summed E-state index contributed by atoms with van der Waals surface area (Å²) in [4.78, 5) is 5.50. The van der Waals surface area contributed by atoms with Crippen LogP contribution in [0.1, 0.15) is 24.6 Å². The van der Waals surface area contributed by atoms with E-state index in [9.17, 15) is 13.2 Å². The molecule has 1 aliphatic rings. The highest BCUT2D eigenvalue weighted by Crippen LogP contribution is 2.19. The molecule has 1 saturated heterocycles. The van der Waals surface area contributed by atoms with Crippen LogP contribution in [0.2, 0.25) is 0 Å². The van der Waals surface area contributed by atoms with Gasteiger partial charge in [0.05, 0.1) is 13.1 Å².